The number of rotatable bonds is 2. The lowest BCUT2D eigenvalue weighted by Crippen LogP contribution is -2.60. The molecule has 5 aliphatic carbocycles. The number of hydrogen-bond donors (Lipinski definition) is 0. The third-order valence-corrected chi connectivity index (χ3v) is 25.6. The maximum absolute atomic E-state index is 7.51. The molecule has 0 radical (unpaired) electrons. The summed E-state index contributed by atoms with van der Waals surface area (Å²) >= 11 is 2.07. The molecule has 4 heterocycles. The van der Waals surface area contributed by atoms with Gasteiger partial charge in [0, 0.05) is 64.9 Å². The van der Waals surface area contributed by atoms with Gasteiger partial charge in [0.25, 0.3) is 0 Å². The summed E-state index contributed by atoms with van der Waals surface area (Å²) in [4.78, 5) is 5.68. The van der Waals surface area contributed by atoms with Crippen LogP contribution >= 0.6 is 11.3 Å². The van der Waals surface area contributed by atoms with Crippen LogP contribution in [-0.2, 0) is 48.7 Å². The number of nitrogens with zero attached hydrogens (tertiary/aromatic N) is 2. The van der Waals surface area contributed by atoms with E-state index in [0.29, 0.717) is 0 Å². The molecule has 0 bridgehead atoms. The lowest BCUT2D eigenvalue weighted by atomic mass is 9.46. The average Bonchev–Trinajstić information content (AvgIpc) is 1.65. The van der Waals surface area contributed by atoms with Gasteiger partial charge in [-0.15, -0.1) is 11.3 Å². The highest BCUT2D eigenvalue weighted by Gasteiger charge is 2.52. The fourth-order valence-electron chi connectivity index (χ4n) is 18.2. The van der Waals surface area contributed by atoms with Crippen molar-refractivity contribution in [3.05, 3.63) is 158 Å². The molecule has 0 N–H and O–H groups in total. The van der Waals surface area contributed by atoms with E-state index >= 15 is 0 Å². The lowest BCUT2D eigenvalue weighted by Gasteiger charge is -2.47. The minimum Gasteiger partial charge on any atom is -0.455 e. The summed E-state index contributed by atoms with van der Waals surface area (Å²) in [7, 11) is 0. The van der Waals surface area contributed by atoms with Gasteiger partial charge in [-0.25, -0.2) is 0 Å². The molecule has 9 aromatic rings. The van der Waals surface area contributed by atoms with Crippen molar-refractivity contribution < 1.29 is 4.42 Å². The highest BCUT2D eigenvalue weighted by Crippen LogP contribution is 2.62. The molecule has 7 aliphatic rings. The van der Waals surface area contributed by atoms with Crippen LogP contribution in [0.4, 0.5) is 28.4 Å². The van der Waals surface area contributed by atoms with Crippen LogP contribution < -0.4 is 20.0 Å². The van der Waals surface area contributed by atoms with Crippen LogP contribution in [0.15, 0.2) is 101 Å². The maximum Gasteiger partial charge on any atom is 0.343 e. The molecule has 85 heavy (non-hydrogen) atoms. The number of fused-ring (bicyclic) bond motifs is 17. The molecule has 0 atom stereocenters. The topological polar surface area (TPSA) is 19.6 Å². The first-order valence-electron chi connectivity index (χ1n) is 32.6. The van der Waals surface area contributed by atoms with Gasteiger partial charge < -0.3 is 14.1 Å². The van der Waals surface area contributed by atoms with Crippen molar-refractivity contribution in [2.45, 2.75) is 232 Å². The molecule has 0 saturated heterocycles. The molecule has 0 saturated carbocycles. The Morgan fingerprint density at radius 1 is 0.412 bits per heavy atom. The van der Waals surface area contributed by atoms with Crippen molar-refractivity contribution in [1.82, 2.24) is 0 Å². The molecule has 2 aromatic heterocycles. The van der Waals surface area contributed by atoms with Crippen LogP contribution in [0.1, 0.15) is 237 Å². The van der Waals surface area contributed by atoms with Gasteiger partial charge in [0.1, 0.15) is 11.2 Å². The highest BCUT2D eigenvalue weighted by molar-refractivity contribution is 7.32. The Bertz CT molecular complexity index is 4500. The van der Waals surface area contributed by atoms with Crippen LogP contribution in [0.25, 0.3) is 54.3 Å². The second-order valence-corrected chi connectivity index (χ2v) is 35.0. The predicted octanol–water partition coefficient (Wildman–Crippen LogP) is 21.5. The number of benzene rings is 7. The van der Waals surface area contributed by atoms with Crippen molar-refractivity contribution in [2.75, 3.05) is 9.71 Å². The van der Waals surface area contributed by atoms with E-state index in [-0.39, 0.29) is 55.6 Å². The van der Waals surface area contributed by atoms with E-state index in [1.165, 1.54) is 182 Å². The number of hydrogen-bond acceptors (Lipinski definition) is 4. The molecule has 0 fully saturated rings. The number of anilines is 5. The van der Waals surface area contributed by atoms with Crippen molar-refractivity contribution in [3.63, 3.8) is 0 Å². The van der Waals surface area contributed by atoms with Crippen molar-refractivity contribution in [3.8, 4) is 22.3 Å². The van der Waals surface area contributed by atoms with E-state index in [4.69, 9.17) is 4.42 Å². The van der Waals surface area contributed by atoms with Crippen LogP contribution in [0.2, 0.25) is 0 Å². The summed E-state index contributed by atoms with van der Waals surface area (Å²) in [5.74, 6) is 0. The Kier molecular flexibility index (Phi) is 10.6. The minimum atomic E-state index is -0.247. The molecule has 2 aliphatic heterocycles. The molecule has 7 aromatic carbocycles. The standard InChI is InChI=1S/C80H89BN2OS/c1-44-34-55-60(78(14,15)32-28-73(55,4)5)42-62(44)82-64-40-49-46-22-20-21-23-65(46)84-70(49)67-50-37-53-48(47-36-57-59(41-54(47)80(53,18)19)77(12,13)31-29-75(57,8)9)39-63(50)83(45-24-25-52-56(35-45)74(6,7)27-26-72(52,2)3)81(68(64)67)71-69(82)51-38-58-61(43-66(51)85-71)79(16,17)33-30-76(58,10)11/h20-25,34-43H,26-33H2,1-19H3. The quantitative estimate of drug-likeness (QED) is 0.161. The van der Waals surface area contributed by atoms with E-state index in [1.807, 2.05) is 0 Å². The zero-order valence-corrected chi connectivity index (χ0v) is 55.5. The van der Waals surface area contributed by atoms with Gasteiger partial charge in [-0.05, 0) is 240 Å². The first-order chi connectivity index (χ1) is 39.7. The van der Waals surface area contributed by atoms with E-state index in [0.717, 1.165) is 24.0 Å². The second-order valence-electron chi connectivity index (χ2n) is 33.9. The van der Waals surface area contributed by atoms with Gasteiger partial charge in [0.2, 0.25) is 0 Å². The monoisotopic (exact) mass is 1140 g/mol. The summed E-state index contributed by atoms with van der Waals surface area (Å²) < 4.78 is 10.3. The van der Waals surface area contributed by atoms with Crippen molar-refractivity contribution in [2.24, 2.45) is 0 Å². The molecule has 0 amide bonds. The van der Waals surface area contributed by atoms with Gasteiger partial charge in [0.05, 0.1) is 5.69 Å². The third-order valence-electron chi connectivity index (χ3n) is 24.4. The van der Waals surface area contributed by atoms with E-state index in [1.54, 1.807) is 0 Å². The molecule has 16 rings (SSSR count). The van der Waals surface area contributed by atoms with Crippen LogP contribution in [-0.4, -0.2) is 6.85 Å². The van der Waals surface area contributed by atoms with Crippen molar-refractivity contribution >= 4 is 88.9 Å². The molecular formula is C80H89BN2OS. The summed E-state index contributed by atoms with van der Waals surface area (Å²) in [6.07, 6.45) is 9.41. The van der Waals surface area contributed by atoms with Crippen LogP contribution in [0.3, 0.4) is 0 Å². The average molecular weight is 1140 g/mol. The third kappa shape index (κ3) is 7.20. The first-order valence-corrected chi connectivity index (χ1v) is 33.4. The SMILES string of the molecule is Cc1cc2c(cc1N1c3cc4c(oc5ccccc54)c4c3B(c3sc5cc6c(cc5c31)C(C)(C)CCC6(C)C)N(c1ccc3c(c1)C(C)(C)CCC3(C)C)c1cc3c(cc1-4)C(C)(C)c1cc4c(cc1-3)C(C)(C)CCC4(C)C)C(C)(C)CCC2(C)C. The summed E-state index contributed by atoms with van der Waals surface area (Å²) in [6.45, 7) is 47.2. The fourth-order valence-corrected chi connectivity index (χ4v) is 19.6. The van der Waals surface area contributed by atoms with E-state index in [9.17, 15) is 0 Å². The largest absolute Gasteiger partial charge is 0.455 e. The lowest BCUT2D eigenvalue weighted by molar-refractivity contribution is 0.331. The second kappa shape index (κ2) is 16.6. The Morgan fingerprint density at radius 2 is 0.906 bits per heavy atom. The smallest absolute Gasteiger partial charge is 0.343 e. The number of aryl methyl sites for hydroxylation is 1. The van der Waals surface area contributed by atoms with Gasteiger partial charge in [-0.3, -0.25) is 0 Å². The minimum absolute atomic E-state index is 0.0146. The van der Waals surface area contributed by atoms with Gasteiger partial charge in [0.15, 0.2) is 0 Å². The predicted molar refractivity (Wildman–Crippen MR) is 366 cm³/mol. The normalized spacial score (nSPS) is 22.0. The molecule has 3 nitrogen and oxygen atoms in total. The van der Waals surface area contributed by atoms with Gasteiger partial charge >= 0.3 is 6.85 Å². The highest BCUT2D eigenvalue weighted by atomic mass is 32.1. The Balaban J connectivity index is 1.09. The Hall–Kier alpha value is -6.04. The van der Waals surface area contributed by atoms with Crippen LogP contribution in [0.5, 0.6) is 0 Å². The maximum atomic E-state index is 7.51. The number of furan rings is 1. The summed E-state index contributed by atoms with van der Waals surface area (Å²) in [6, 6.07) is 40.5. The molecule has 434 valence electrons. The fraction of sp³-hybridized carbons (Fsp3) is 0.450. The van der Waals surface area contributed by atoms with Crippen LogP contribution in [0, 0.1) is 6.92 Å². The van der Waals surface area contributed by atoms with Gasteiger partial charge in [-0.2, -0.15) is 0 Å². The Labute approximate surface area is 512 Å². The summed E-state index contributed by atoms with van der Waals surface area (Å²) in [5, 5.41) is 3.74. The molecule has 0 spiro atoms. The number of para-hydroxylation sites is 1. The number of thiophene rings is 1. The zero-order chi connectivity index (χ0) is 59.8. The molecule has 0 unspecified atom stereocenters. The molecule has 5 heteroatoms. The molecular weight excluding hydrogens is 1050 g/mol. The van der Waals surface area contributed by atoms with E-state index < -0.39 is 0 Å². The van der Waals surface area contributed by atoms with Crippen molar-refractivity contribution in [1.29, 1.82) is 0 Å². The zero-order valence-electron chi connectivity index (χ0n) is 54.7. The summed E-state index contributed by atoms with van der Waals surface area (Å²) in [5.41, 5.74) is 31.6. The van der Waals surface area contributed by atoms with Gasteiger partial charge in [-0.1, -0.05) is 161 Å². The van der Waals surface area contributed by atoms with E-state index in [2.05, 4.69) is 250 Å². The Morgan fingerprint density at radius 3 is 1.53 bits per heavy atom. The first kappa shape index (κ1) is 54.4.